The van der Waals surface area contributed by atoms with Gasteiger partial charge in [0.15, 0.2) is 0 Å². The zero-order chi connectivity index (χ0) is 12.7. The number of hydrogen-bond donors (Lipinski definition) is 2. The van der Waals surface area contributed by atoms with Crippen LogP contribution in [0.4, 0.5) is 0 Å². The van der Waals surface area contributed by atoms with Gasteiger partial charge >= 0.3 is 0 Å². The van der Waals surface area contributed by atoms with E-state index in [2.05, 4.69) is 36.3 Å². The van der Waals surface area contributed by atoms with Crippen molar-refractivity contribution < 1.29 is 4.79 Å². The molecule has 0 aliphatic carbocycles. The van der Waals surface area contributed by atoms with E-state index < -0.39 is 0 Å². The lowest BCUT2D eigenvalue weighted by molar-refractivity contribution is -0.121. The summed E-state index contributed by atoms with van der Waals surface area (Å²) in [6.07, 6.45) is 0. The minimum atomic E-state index is 0.0761. The smallest absolute Gasteiger partial charge is 0.234 e. The monoisotopic (exact) mass is 229 g/mol. The lowest BCUT2D eigenvalue weighted by Crippen LogP contribution is -2.44. The molecule has 4 heteroatoms. The molecule has 1 amide bonds. The molecule has 0 aromatic heterocycles. The zero-order valence-electron chi connectivity index (χ0n) is 11.5. The Morgan fingerprint density at radius 2 is 1.75 bits per heavy atom. The third-order valence-electron chi connectivity index (χ3n) is 3.00. The van der Waals surface area contributed by atoms with Crippen molar-refractivity contribution in [1.29, 1.82) is 0 Å². The highest BCUT2D eigenvalue weighted by atomic mass is 16.1. The van der Waals surface area contributed by atoms with Crippen LogP contribution in [0.25, 0.3) is 0 Å². The topological polar surface area (TPSA) is 44.4 Å². The van der Waals surface area contributed by atoms with E-state index in [1.165, 1.54) is 0 Å². The Morgan fingerprint density at radius 1 is 1.19 bits per heavy atom. The summed E-state index contributed by atoms with van der Waals surface area (Å²) in [7, 11) is 4.07. The van der Waals surface area contributed by atoms with Crippen LogP contribution in [0.5, 0.6) is 0 Å². The number of likely N-dealkylation sites (N-methyl/N-ethyl adjacent to an activating group) is 1. The van der Waals surface area contributed by atoms with Crippen molar-refractivity contribution in [2.75, 3.05) is 27.2 Å². The van der Waals surface area contributed by atoms with Crippen LogP contribution >= 0.6 is 0 Å². The molecule has 0 saturated carbocycles. The van der Waals surface area contributed by atoms with Gasteiger partial charge in [0.05, 0.1) is 6.54 Å². The molecule has 0 radical (unpaired) electrons. The first-order valence-corrected chi connectivity index (χ1v) is 6.01. The highest BCUT2D eigenvalue weighted by Gasteiger charge is 2.10. The summed E-state index contributed by atoms with van der Waals surface area (Å²) in [6.45, 7) is 9.59. The molecule has 2 unspecified atom stereocenters. The molecule has 0 fully saturated rings. The van der Waals surface area contributed by atoms with Gasteiger partial charge in [0.25, 0.3) is 0 Å². The van der Waals surface area contributed by atoms with Crippen molar-refractivity contribution in [3.63, 3.8) is 0 Å². The highest BCUT2D eigenvalue weighted by molar-refractivity contribution is 5.78. The van der Waals surface area contributed by atoms with Crippen molar-refractivity contribution in [2.24, 2.45) is 5.92 Å². The van der Waals surface area contributed by atoms with Gasteiger partial charge in [-0.3, -0.25) is 4.79 Å². The molecule has 96 valence electrons. The van der Waals surface area contributed by atoms with Crippen LogP contribution in [0.3, 0.4) is 0 Å². The number of carbonyl (C=O) groups is 1. The number of nitrogens with zero attached hydrogens (tertiary/aromatic N) is 1. The third kappa shape index (κ3) is 6.80. The second kappa shape index (κ2) is 7.63. The Labute approximate surface area is 99.8 Å². The first-order chi connectivity index (χ1) is 7.34. The lowest BCUT2D eigenvalue weighted by atomic mass is 10.1. The van der Waals surface area contributed by atoms with E-state index in [0.29, 0.717) is 18.5 Å². The summed E-state index contributed by atoms with van der Waals surface area (Å²) >= 11 is 0. The van der Waals surface area contributed by atoms with Gasteiger partial charge in [0, 0.05) is 18.6 Å². The number of rotatable bonds is 7. The van der Waals surface area contributed by atoms with Gasteiger partial charge in [0.2, 0.25) is 5.91 Å². The molecule has 2 N–H and O–H groups in total. The molecule has 0 aromatic carbocycles. The van der Waals surface area contributed by atoms with Crippen LogP contribution in [0.15, 0.2) is 0 Å². The SMILES string of the molecule is CC(C)C(C)NC(=O)CNCC(C)N(C)C. The summed E-state index contributed by atoms with van der Waals surface area (Å²) in [5.74, 6) is 0.553. The second-order valence-electron chi connectivity index (χ2n) is 5.04. The molecule has 0 rings (SSSR count). The molecule has 4 nitrogen and oxygen atoms in total. The molecule has 0 saturated heterocycles. The number of amides is 1. The van der Waals surface area contributed by atoms with Gasteiger partial charge in [-0.05, 0) is 33.9 Å². The largest absolute Gasteiger partial charge is 0.352 e. The zero-order valence-corrected chi connectivity index (χ0v) is 11.5. The van der Waals surface area contributed by atoms with Crippen molar-refractivity contribution >= 4 is 5.91 Å². The summed E-state index contributed by atoms with van der Waals surface area (Å²) in [5.41, 5.74) is 0. The van der Waals surface area contributed by atoms with Crippen molar-refractivity contribution in [1.82, 2.24) is 15.5 Å². The molecule has 0 aliphatic rings. The average Bonchev–Trinajstić information content (AvgIpc) is 2.16. The molecule has 0 aromatic rings. The van der Waals surface area contributed by atoms with Crippen LogP contribution in [-0.4, -0.2) is 50.1 Å². The van der Waals surface area contributed by atoms with E-state index in [1.54, 1.807) is 0 Å². The van der Waals surface area contributed by atoms with E-state index >= 15 is 0 Å². The van der Waals surface area contributed by atoms with Crippen LogP contribution in [0, 0.1) is 5.92 Å². The maximum Gasteiger partial charge on any atom is 0.234 e. The minimum Gasteiger partial charge on any atom is -0.352 e. The maximum absolute atomic E-state index is 11.5. The van der Waals surface area contributed by atoms with Crippen LogP contribution in [0.2, 0.25) is 0 Å². The summed E-state index contributed by atoms with van der Waals surface area (Å²) in [6, 6.07) is 0.677. The molecule has 2 atom stereocenters. The Hall–Kier alpha value is -0.610. The lowest BCUT2D eigenvalue weighted by Gasteiger charge is -2.21. The van der Waals surface area contributed by atoms with Gasteiger partial charge in [0.1, 0.15) is 0 Å². The average molecular weight is 229 g/mol. The van der Waals surface area contributed by atoms with Crippen molar-refractivity contribution in [3.8, 4) is 0 Å². The Kier molecular flexibility index (Phi) is 7.34. The summed E-state index contributed by atoms with van der Waals surface area (Å²) in [5, 5.41) is 6.12. The Bertz CT molecular complexity index is 204. The number of hydrogen-bond acceptors (Lipinski definition) is 3. The maximum atomic E-state index is 11.5. The predicted octanol–water partition coefficient (Wildman–Crippen LogP) is 0.687. The van der Waals surface area contributed by atoms with Crippen molar-refractivity contribution in [3.05, 3.63) is 0 Å². The van der Waals surface area contributed by atoms with E-state index in [-0.39, 0.29) is 11.9 Å². The molecule has 0 heterocycles. The fourth-order valence-electron chi connectivity index (χ4n) is 1.05. The highest BCUT2D eigenvalue weighted by Crippen LogP contribution is 1.98. The van der Waals surface area contributed by atoms with Crippen LogP contribution in [-0.2, 0) is 4.79 Å². The molecule has 16 heavy (non-hydrogen) atoms. The predicted molar refractivity (Wildman–Crippen MR) is 68.5 cm³/mol. The van der Waals surface area contributed by atoms with E-state index in [1.807, 2.05) is 21.0 Å². The molecule has 0 bridgehead atoms. The third-order valence-corrected chi connectivity index (χ3v) is 3.00. The standard InChI is InChI=1S/C12H27N3O/c1-9(2)11(4)14-12(16)8-13-7-10(3)15(5)6/h9-11,13H,7-8H2,1-6H3,(H,14,16). The first-order valence-electron chi connectivity index (χ1n) is 6.01. The van der Waals surface area contributed by atoms with E-state index in [9.17, 15) is 4.79 Å². The van der Waals surface area contributed by atoms with Gasteiger partial charge in [-0.15, -0.1) is 0 Å². The van der Waals surface area contributed by atoms with Gasteiger partial charge in [-0.1, -0.05) is 13.8 Å². The Morgan fingerprint density at radius 3 is 2.19 bits per heavy atom. The van der Waals surface area contributed by atoms with Crippen LogP contribution in [0.1, 0.15) is 27.7 Å². The van der Waals surface area contributed by atoms with Gasteiger partial charge in [-0.25, -0.2) is 0 Å². The van der Waals surface area contributed by atoms with Crippen LogP contribution < -0.4 is 10.6 Å². The molecule has 0 aliphatic heterocycles. The van der Waals surface area contributed by atoms with Gasteiger partial charge < -0.3 is 15.5 Å². The van der Waals surface area contributed by atoms with E-state index in [4.69, 9.17) is 0 Å². The Balaban J connectivity index is 3.66. The first kappa shape index (κ1) is 15.4. The number of carbonyl (C=O) groups excluding carboxylic acids is 1. The summed E-state index contributed by atoms with van der Waals surface area (Å²) < 4.78 is 0. The molecular formula is C12H27N3O. The fraction of sp³-hybridized carbons (Fsp3) is 0.917. The molecule has 0 spiro atoms. The van der Waals surface area contributed by atoms with Crippen molar-refractivity contribution in [2.45, 2.75) is 39.8 Å². The molecular weight excluding hydrogens is 202 g/mol. The second-order valence-corrected chi connectivity index (χ2v) is 5.04. The van der Waals surface area contributed by atoms with E-state index in [0.717, 1.165) is 6.54 Å². The minimum absolute atomic E-state index is 0.0761. The summed E-state index contributed by atoms with van der Waals surface area (Å²) in [4.78, 5) is 13.6. The normalized spacial score (nSPS) is 15.2. The quantitative estimate of drug-likeness (QED) is 0.675. The fourth-order valence-corrected chi connectivity index (χ4v) is 1.05. The van der Waals surface area contributed by atoms with Gasteiger partial charge in [-0.2, -0.15) is 0 Å². The number of nitrogens with one attached hydrogen (secondary N) is 2.